The molecule has 0 fully saturated rings. The Kier molecular flexibility index (Phi) is 3.72. The first kappa shape index (κ1) is 15.0. The van der Waals surface area contributed by atoms with Gasteiger partial charge >= 0.3 is 0 Å². The highest BCUT2D eigenvalue weighted by Crippen LogP contribution is 2.24. The Morgan fingerprint density at radius 3 is 2.65 bits per heavy atom. The van der Waals surface area contributed by atoms with Gasteiger partial charge in [-0.3, -0.25) is 8.71 Å². The Bertz CT molecular complexity index is 987. The first-order chi connectivity index (χ1) is 11.0. The van der Waals surface area contributed by atoms with Crippen molar-refractivity contribution in [2.45, 2.75) is 11.8 Å². The molecule has 0 saturated carbocycles. The number of aromatic nitrogens is 3. The SMILES string of the molecule is Cc1ccc(N(CC#N)S(=O)(=O)c2ccc3nncn3c2)cc1. The van der Waals surface area contributed by atoms with Crippen molar-refractivity contribution in [2.24, 2.45) is 0 Å². The van der Waals surface area contributed by atoms with E-state index in [4.69, 9.17) is 5.26 Å². The molecule has 0 spiro atoms. The quantitative estimate of drug-likeness (QED) is 0.681. The lowest BCUT2D eigenvalue weighted by molar-refractivity contribution is 0.592. The summed E-state index contributed by atoms with van der Waals surface area (Å²) in [6.45, 7) is 1.64. The van der Waals surface area contributed by atoms with E-state index in [2.05, 4.69) is 10.2 Å². The Labute approximate surface area is 133 Å². The smallest absolute Gasteiger partial charge is 0.266 e. The maximum Gasteiger partial charge on any atom is 0.266 e. The van der Waals surface area contributed by atoms with E-state index >= 15 is 0 Å². The molecule has 3 aromatic rings. The Hall–Kier alpha value is -2.92. The second-order valence-electron chi connectivity index (χ2n) is 4.97. The summed E-state index contributed by atoms with van der Waals surface area (Å²) in [6, 6.07) is 11.9. The van der Waals surface area contributed by atoms with Crippen molar-refractivity contribution >= 4 is 21.4 Å². The summed E-state index contributed by atoms with van der Waals surface area (Å²) in [5.74, 6) is 0. The molecule has 2 aromatic heterocycles. The first-order valence-electron chi connectivity index (χ1n) is 6.78. The molecule has 0 aliphatic rings. The third-order valence-corrected chi connectivity index (χ3v) is 5.15. The highest BCUT2D eigenvalue weighted by atomic mass is 32.2. The fourth-order valence-electron chi connectivity index (χ4n) is 2.18. The standard InChI is InChI=1S/C15H13N5O2S/c1-12-2-4-13(5-3-12)20(9-8-16)23(21,22)14-6-7-15-18-17-11-19(15)10-14/h2-7,10-11H,9H2,1H3. The minimum atomic E-state index is -3.86. The normalized spacial score (nSPS) is 11.3. The summed E-state index contributed by atoms with van der Waals surface area (Å²) in [5.41, 5.74) is 2.00. The lowest BCUT2D eigenvalue weighted by Crippen LogP contribution is -2.31. The zero-order valence-electron chi connectivity index (χ0n) is 12.3. The second-order valence-corrected chi connectivity index (χ2v) is 6.83. The van der Waals surface area contributed by atoms with Crippen LogP contribution in [0.4, 0.5) is 5.69 Å². The molecule has 0 aliphatic carbocycles. The molecule has 0 aliphatic heterocycles. The number of hydrogen-bond acceptors (Lipinski definition) is 5. The van der Waals surface area contributed by atoms with Gasteiger partial charge in [0.25, 0.3) is 10.0 Å². The number of rotatable bonds is 4. The zero-order valence-corrected chi connectivity index (χ0v) is 13.1. The molecule has 7 nitrogen and oxygen atoms in total. The van der Waals surface area contributed by atoms with Crippen LogP contribution in [0.1, 0.15) is 5.56 Å². The molecule has 116 valence electrons. The van der Waals surface area contributed by atoms with Crippen LogP contribution >= 0.6 is 0 Å². The predicted octanol–water partition coefficient (Wildman–Crippen LogP) is 1.76. The van der Waals surface area contributed by atoms with Gasteiger partial charge in [-0.15, -0.1) is 10.2 Å². The fraction of sp³-hybridized carbons (Fsp3) is 0.133. The number of nitrogens with zero attached hydrogens (tertiary/aromatic N) is 5. The van der Waals surface area contributed by atoms with Gasteiger partial charge in [-0.1, -0.05) is 17.7 Å². The average molecular weight is 327 g/mol. The van der Waals surface area contributed by atoms with Crippen LogP contribution in [0.2, 0.25) is 0 Å². The van der Waals surface area contributed by atoms with Gasteiger partial charge in [0.2, 0.25) is 0 Å². The summed E-state index contributed by atoms with van der Waals surface area (Å²) < 4.78 is 28.4. The Balaban J connectivity index is 2.09. The van der Waals surface area contributed by atoms with E-state index in [0.717, 1.165) is 9.87 Å². The van der Waals surface area contributed by atoms with Gasteiger partial charge in [0, 0.05) is 6.20 Å². The van der Waals surface area contributed by atoms with Crippen molar-refractivity contribution in [3.63, 3.8) is 0 Å². The van der Waals surface area contributed by atoms with Gasteiger partial charge in [-0.25, -0.2) is 8.42 Å². The van der Waals surface area contributed by atoms with E-state index in [1.807, 2.05) is 13.0 Å². The number of aryl methyl sites for hydroxylation is 1. The van der Waals surface area contributed by atoms with Crippen LogP contribution in [0.5, 0.6) is 0 Å². The monoisotopic (exact) mass is 327 g/mol. The molecular weight excluding hydrogens is 314 g/mol. The number of hydrogen-bond donors (Lipinski definition) is 0. The zero-order chi connectivity index (χ0) is 16.4. The third kappa shape index (κ3) is 2.74. The van der Waals surface area contributed by atoms with Crippen LogP contribution in [-0.2, 0) is 10.0 Å². The van der Waals surface area contributed by atoms with Crippen molar-refractivity contribution in [2.75, 3.05) is 10.8 Å². The van der Waals surface area contributed by atoms with Gasteiger partial charge in [0.1, 0.15) is 17.8 Å². The van der Waals surface area contributed by atoms with Gasteiger partial charge in [0.15, 0.2) is 5.65 Å². The molecule has 0 bridgehead atoms. The summed E-state index contributed by atoms with van der Waals surface area (Å²) in [4.78, 5) is 0.0700. The minimum absolute atomic E-state index is 0.0700. The van der Waals surface area contributed by atoms with E-state index in [-0.39, 0.29) is 11.4 Å². The first-order valence-corrected chi connectivity index (χ1v) is 8.22. The van der Waals surface area contributed by atoms with Crippen molar-refractivity contribution in [3.05, 3.63) is 54.5 Å². The van der Waals surface area contributed by atoms with Crippen molar-refractivity contribution in [1.82, 2.24) is 14.6 Å². The van der Waals surface area contributed by atoms with Gasteiger partial charge in [-0.2, -0.15) is 5.26 Å². The van der Waals surface area contributed by atoms with Crippen molar-refractivity contribution in [3.8, 4) is 6.07 Å². The molecule has 3 rings (SSSR count). The highest BCUT2D eigenvalue weighted by molar-refractivity contribution is 7.92. The number of nitriles is 1. The van der Waals surface area contributed by atoms with E-state index in [1.165, 1.54) is 23.0 Å². The maximum atomic E-state index is 12.9. The summed E-state index contributed by atoms with van der Waals surface area (Å²) in [7, 11) is -3.86. The average Bonchev–Trinajstić information content (AvgIpc) is 3.01. The molecular formula is C15H13N5O2S. The third-order valence-electron chi connectivity index (χ3n) is 3.39. The topological polar surface area (TPSA) is 91.4 Å². The Morgan fingerprint density at radius 2 is 1.96 bits per heavy atom. The van der Waals surface area contributed by atoms with Crippen LogP contribution in [0.3, 0.4) is 0 Å². The van der Waals surface area contributed by atoms with E-state index in [1.54, 1.807) is 30.3 Å². The molecule has 8 heteroatoms. The van der Waals surface area contributed by atoms with Crippen LogP contribution in [0.25, 0.3) is 5.65 Å². The molecule has 2 heterocycles. The van der Waals surface area contributed by atoms with E-state index in [9.17, 15) is 8.42 Å². The molecule has 0 atom stereocenters. The maximum absolute atomic E-state index is 12.9. The minimum Gasteiger partial charge on any atom is -0.288 e. The molecule has 0 unspecified atom stereocenters. The number of benzene rings is 1. The lowest BCUT2D eigenvalue weighted by atomic mass is 10.2. The van der Waals surface area contributed by atoms with Crippen LogP contribution in [-0.4, -0.2) is 29.6 Å². The van der Waals surface area contributed by atoms with Crippen molar-refractivity contribution in [1.29, 1.82) is 5.26 Å². The highest BCUT2D eigenvalue weighted by Gasteiger charge is 2.25. The molecule has 0 amide bonds. The summed E-state index contributed by atoms with van der Waals surface area (Å²) in [5, 5.41) is 16.6. The lowest BCUT2D eigenvalue weighted by Gasteiger charge is -2.21. The summed E-state index contributed by atoms with van der Waals surface area (Å²) in [6.07, 6.45) is 2.86. The predicted molar refractivity (Wildman–Crippen MR) is 84.3 cm³/mol. The molecule has 1 aromatic carbocycles. The van der Waals surface area contributed by atoms with Crippen LogP contribution in [0, 0.1) is 18.3 Å². The van der Waals surface area contributed by atoms with Gasteiger partial charge in [-0.05, 0) is 31.2 Å². The number of fused-ring (bicyclic) bond motifs is 1. The molecule has 0 radical (unpaired) electrons. The number of anilines is 1. The van der Waals surface area contributed by atoms with Gasteiger partial charge in [0.05, 0.1) is 11.8 Å². The van der Waals surface area contributed by atoms with E-state index in [0.29, 0.717) is 11.3 Å². The largest absolute Gasteiger partial charge is 0.288 e. The summed E-state index contributed by atoms with van der Waals surface area (Å²) >= 11 is 0. The number of sulfonamides is 1. The van der Waals surface area contributed by atoms with E-state index < -0.39 is 10.0 Å². The second kappa shape index (κ2) is 5.70. The van der Waals surface area contributed by atoms with Crippen LogP contribution < -0.4 is 4.31 Å². The van der Waals surface area contributed by atoms with Crippen molar-refractivity contribution < 1.29 is 8.42 Å². The Morgan fingerprint density at radius 1 is 1.22 bits per heavy atom. The van der Waals surface area contributed by atoms with Crippen LogP contribution in [0.15, 0.2) is 53.8 Å². The molecule has 0 saturated heterocycles. The van der Waals surface area contributed by atoms with Gasteiger partial charge < -0.3 is 0 Å². The fourth-order valence-corrected chi connectivity index (χ4v) is 3.55. The molecule has 23 heavy (non-hydrogen) atoms. The molecule has 0 N–H and O–H groups in total. The number of pyridine rings is 1.